The van der Waals surface area contributed by atoms with Crippen molar-refractivity contribution >= 4 is 12.2 Å². The number of unbranched alkanes of at least 4 members (excludes halogenated alkanes) is 2. The SMILES string of the molecule is CCCCCC(C1CCCCC1)C1CCCCC1.N=C=O.N=C=O. The van der Waals surface area contributed by atoms with E-state index in [9.17, 15) is 0 Å². The van der Waals surface area contributed by atoms with Gasteiger partial charge in [0.25, 0.3) is 0 Å². The molecule has 2 N–H and O–H groups in total. The van der Waals surface area contributed by atoms with Crippen LogP contribution in [0, 0.1) is 28.6 Å². The molecule has 0 aromatic carbocycles. The molecule has 4 nitrogen and oxygen atoms in total. The average Bonchev–Trinajstić information content (AvgIpc) is 2.62. The summed E-state index contributed by atoms with van der Waals surface area (Å²) in [4.78, 5) is 16.7. The fraction of sp³-hybridized carbons (Fsp3) is 0.900. The largest absolute Gasteiger partial charge is 0.231 e. The highest BCUT2D eigenvalue weighted by molar-refractivity contribution is 5.26. The summed E-state index contributed by atoms with van der Waals surface area (Å²) in [6.07, 6.45) is 22.8. The van der Waals surface area contributed by atoms with E-state index < -0.39 is 0 Å². The first-order valence-corrected chi connectivity index (χ1v) is 9.82. The molecular formula is C20H36N2O2. The van der Waals surface area contributed by atoms with Gasteiger partial charge in [0, 0.05) is 0 Å². The lowest BCUT2D eigenvalue weighted by molar-refractivity contribution is 0.132. The Kier molecular flexibility index (Phi) is 15.8. The highest BCUT2D eigenvalue weighted by atomic mass is 16.1. The van der Waals surface area contributed by atoms with Crippen molar-refractivity contribution in [3.63, 3.8) is 0 Å². The molecule has 0 radical (unpaired) electrons. The van der Waals surface area contributed by atoms with Crippen LogP contribution < -0.4 is 0 Å². The van der Waals surface area contributed by atoms with E-state index in [0.717, 1.165) is 29.9 Å². The van der Waals surface area contributed by atoms with Crippen LogP contribution in [-0.4, -0.2) is 12.2 Å². The molecule has 0 amide bonds. The third-order valence-electron chi connectivity index (χ3n) is 5.65. The summed E-state index contributed by atoms with van der Waals surface area (Å²) < 4.78 is 0. The van der Waals surface area contributed by atoms with Crippen LogP contribution in [0.3, 0.4) is 0 Å². The summed E-state index contributed by atoms with van der Waals surface area (Å²) in [5, 5.41) is 10.8. The third-order valence-corrected chi connectivity index (χ3v) is 5.65. The van der Waals surface area contributed by atoms with Gasteiger partial charge in [-0.15, -0.1) is 0 Å². The molecule has 24 heavy (non-hydrogen) atoms. The lowest BCUT2D eigenvalue weighted by Gasteiger charge is -2.38. The van der Waals surface area contributed by atoms with E-state index in [1.54, 1.807) is 32.1 Å². The van der Waals surface area contributed by atoms with Gasteiger partial charge in [0.05, 0.1) is 0 Å². The lowest BCUT2D eigenvalue weighted by atomic mass is 9.68. The maximum atomic E-state index is 8.35. The minimum atomic E-state index is 0.750. The molecule has 0 aliphatic heterocycles. The van der Waals surface area contributed by atoms with Crippen LogP contribution in [0.4, 0.5) is 0 Å². The van der Waals surface area contributed by atoms with Gasteiger partial charge in [-0.05, 0) is 24.2 Å². The van der Waals surface area contributed by atoms with Crippen LogP contribution in [-0.2, 0) is 9.59 Å². The van der Waals surface area contributed by atoms with E-state index in [1.807, 2.05) is 0 Å². The Morgan fingerprint density at radius 1 is 0.792 bits per heavy atom. The molecule has 0 bridgehead atoms. The van der Waals surface area contributed by atoms with Gasteiger partial charge in [-0.1, -0.05) is 90.4 Å². The zero-order chi connectivity index (χ0) is 18.0. The van der Waals surface area contributed by atoms with Crippen molar-refractivity contribution in [3.8, 4) is 0 Å². The molecule has 0 unspecified atom stereocenters. The fourth-order valence-electron chi connectivity index (χ4n) is 4.61. The van der Waals surface area contributed by atoms with Crippen molar-refractivity contribution in [1.82, 2.24) is 0 Å². The molecule has 2 rings (SSSR count). The molecule has 0 saturated heterocycles. The maximum Gasteiger partial charge on any atom is 0.231 e. The highest BCUT2D eigenvalue weighted by Gasteiger charge is 2.30. The number of rotatable bonds is 6. The van der Waals surface area contributed by atoms with Gasteiger partial charge in [-0.3, -0.25) is 0 Å². The maximum absolute atomic E-state index is 8.35. The molecule has 2 aliphatic carbocycles. The number of nitrogens with one attached hydrogen (secondary N) is 2. The van der Waals surface area contributed by atoms with Crippen molar-refractivity contribution in [3.05, 3.63) is 0 Å². The minimum Gasteiger partial charge on any atom is -0.222 e. The zero-order valence-corrected chi connectivity index (χ0v) is 15.4. The second-order valence-electron chi connectivity index (χ2n) is 7.16. The van der Waals surface area contributed by atoms with E-state index in [4.69, 9.17) is 20.4 Å². The average molecular weight is 337 g/mol. The molecule has 0 heterocycles. The van der Waals surface area contributed by atoms with Gasteiger partial charge in [0.2, 0.25) is 12.2 Å². The predicted molar refractivity (Wildman–Crippen MR) is 97.6 cm³/mol. The minimum absolute atomic E-state index is 0.750. The van der Waals surface area contributed by atoms with Crippen LogP contribution in [0.25, 0.3) is 0 Å². The predicted octanol–water partition coefficient (Wildman–Crippen LogP) is 6.15. The Labute approximate surface area is 147 Å². The molecular weight excluding hydrogens is 300 g/mol. The van der Waals surface area contributed by atoms with Crippen molar-refractivity contribution < 1.29 is 9.59 Å². The highest BCUT2D eigenvalue weighted by Crippen LogP contribution is 2.42. The van der Waals surface area contributed by atoms with Gasteiger partial charge >= 0.3 is 0 Å². The summed E-state index contributed by atoms with van der Waals surface area (Å²) in [5.41, 5.74) is 0. The van der Waals surface area contributed by atoms with Crippen LogP contribution in [0.1, 0.15) is 96.8 Å². The van der Waals surface area contributed by atoms with E-state index in [-0.39, 0.29) is 0 Å². The monoisotopic (exact) mass is 336 g/mol. The molecule has 2 saturated carbocycles. The summed E-state index contributed by atoms with van der Waals surface area (Å²) in [6, 6.07) is 0. The Hall–Kier alpha value is -1.24. The number of isocyanates is 2. The summed E-state index contributed by atoms with van der Waals surface area (Å²) >= 11 is 0. The number of carbonyl (C=O) groups excluding carboxylic acids is 2. The van der Waals surface area contributed by atoms with Crippen molar-refractivity contribution in [1.29, 1.82) is 10.8 Å². The summed E-state index contributed by atoms with van der Waals surface area (Å²) in [6.45, 7) is 2.34. The second kappa shape index (κ2) is 16.6. The molecule has 2 aliphatic rings. The van der Waals surface area contributed by atoms with Gasteiger partial charge in [0.1, 0.15) is 0 Å². The first kappa shape index (κ1) is 22.8. The molecule has 138 valence electrons. The first-order chi connectivity index (χ1) is 11.7. The quantitative estimate of drug-likeness (QED) is 0.346. The number of hydrogen-bond acceptors (Lipinski definition) is 4. The van der Waals surface area contributed by atoms with Crippen LogP contribution >= 0.6 is 0 Å². The smallest absolute Gasteiger partial charge is 0.222 e. The van der Waals surface area contributed by atoms with E-state index in [0.29, 0.717) is 0 Å². The van der Waals surface area contributed by atoms with Crippen molar-refractivity contribution in [2.45, 2.75) is 96.8 Å². The van der Waals surface area contributed by atoms with Crippen LogP contribution in [0.5, 0.6) is 0 Å². The van der Waals surface area contributed by atoms with E-state index in [1.165, 1.54) is 57.8 Å². The van der Waals surface area contributed by atoms with E-state index >= 15 is 0 Å². The molecule has 0 spiro atoms. The van der Waals surface area contributed by atoms with Gasteiger partial charge < -0.3 is 0 Å². The fourth-order valence-corrected chi connectivity index (χ4v) is 4.61. The Bertz CT molecular complexity index is 317. The summed E-state index contributed by atoms with van der Waals surface area (Å²) in [7, 11) is 0. The van der Waals surface area contributed by atoms with E-state index in [2.05, 4.69) is 6.92 Å². The molecule has 0 aromatic heterocycles. The van der Waals surface area contributed by atoms with Gasteiger partial charge in [0.15, 0.2) is 0 Å². The molecule has 0 aromatic rings. The van der Waals surface area contributed by atoms with Crippen LogP contribution in [0.2, 0.25) is 0 Å². The third kappa shape index (κ3) is 10.5. The normalized spacial score (nSPS) is 18.4. The lowest BCUT2D eigenvalue weighted by Crippen LogP contribution is -2.27. The van der Waals surface area contributed by atoms with Gasteiger partial charge in [-0.2, -0.15) is 0 Å². The topological polar surface area (TPSA) is 81.8 Å². The zero-order valence-electron chi connectivity index (χ0n) is 15.4. The number of hydrogen-bond donors (Lipinski definition) is 2. The Morgan fingerprint density at radius 2 is 1.17 bits per heavy atom. The van der Waals surface area contributed by atoms with Crippen molar-refractivity contribution in [2.75, 3.05) is 0 Å². The molecule has 2 fully saturated rings. The second-order valence-corrected chi connectivity index (χ2v) is 7.16. The van der Waals surface area contributed by atoms with Gasteiger partial charge in [-0.25, -0.2) is 20.4 Å². The first-order valence-electron chi connectivity index (χ1n) is 9.82. The van der Waals surface area contributed by atoms with Crippen LogP contribution in [0.15, 0.2) is 0 Å². The molecule has 0 atom stereocenters. The standard InChI is InChI=1S/C18H34.2CHNO/c1-2-3-6-15-18(16-11-7-4-8-12-16)17-13-9-5-10-14-17;2*2-1-3/h16-18H,2-15H2,1H3;2*2H. The Balaban J connectivity index is 0.000000772. The van der Waals surface area contributed by atoms with Crippen molar-refractivity contribution in [2.24, 2.45) is 17.8 Å². The summed E-state index contributed by atoms with van der Waals surface area (Å²) in [5.74, 6) is 3.33. The molecule has 4 heteroatoms. The Morgan fingerprint density at radius 3 is 1.50 bits per heavy atom.